The maximum atomic E-state index is 15.2. The molecule has 1 aliphatic rings. The minimum atomic E-state index is -0.866. The third kappa shape index (κ3) is 7.01. The van der Waals surface area contributed by atoms with Gasteiger partial charge in [-0.15, -0.1) is 6.58 Å². The highest BCUT2D eigenvalue weighted by molar-refractivity contribution is 5.71. The van der Waals surface area contributed by atoms with Gasteiger partial charge in [-0.05, 0) is 85.5 Å². The third-order valence-corrected chi connectivity index (χ3v) is 8.40. The summed E-state index contributed by atoms with van der Waals surface area (Å²) in [5.74, 6) is -2.62. The van der Waals surface area contributed by atoms with E-state index in [-0.39, 0.29) is 17.0 Å². The fourth-order valence-electron chi connectivity index (χ4n) is 5.97. The molecule has 1 saturated carbocycles. The molecule has 4 heteroatoms. The lowest BCUT2D eigenvalue weighted by Crippen LogP contribution is -2.15. The lowest BCUT2D eigenvalue weighted by Gasteiger charge is -2.29. The summed E-state index contributed by atoms with van der Waals surface area (Å²) in [6.07, 6.45) is 13.6. The molecule has 0 N–H and O–H groups in total. The monoisotopic (exact) mass is 536 g/mol. The van der Waals surface area contributed by atoms with Gasteiger partial charge in [0.15, 0.2) is 23.3 Å². The number of hydrogen-bond acceptors (Lipinski definition) is 0. The highest BCUT2D eigenvalue weighted by atomic mass is 19.2. The average molecular weight is 537 g/mol. The minimum Gasteiger partial charge on any atom is -0.203 e. The lowest BCUT2D eigenvalue weighted by molar-refractivity contribution is 0.306. The maximum Gasteiger partial charge on any atom is 0.166 e. The second-order valence-corrected chi connectivity index (χ2v) is 11.1. The quantitative estimate of drug-likeness (QED) is 0.123. The largest absolute Gasteiger partial charge is 0.203 e. The molecular formula is C35H40F4. The van der Waals surface area contributed by atoms with E-state index in [1.807, 2.05) is 6.08 Å². The maximum absolute atomic E-state index is 15.2. The van der Waals surface area contributed by atoms with Crippen molar-refractivity contribution in [3.8, 4) is 22.3 Å². The first-order chi connectivity index (χ1) is 18.9. The van der Waals surface area contributed by atoms with E-state index in [4.69, 9.17) is 0 Å². The standard InChI is InChI=1S/C35H40F4/c1-3-5-7-8-9-11-28-20-21-29(33(37)32(28)36)26-16-18-27(19-17-26)31-23-22-30(34(38)35(31)39)25-14-12-24(13-15-25)10-6-4-2/h4,16-25H,2-3,5-15H2,1H3. The topological polar surface area (TPSA) is 0 Å². The Balaban J connectivity index is 1.45. The van der Waals surface area contributed by atoms with Gasteiger partial charge in [-0.2, -0.15) is 0 Å². The fourth-order valence-corrected chi connectivity index (χ4v) is 5.97. The molecule has 0 aliphatic heterocycles. The molecule has 0 aromatic heterocycles. The molecule has 0 amide bonds. The van der Waals surface area contributed by atoms with Crippen LogP contribution in [0, 0.1) is 29.2 Å². The smallest absolute Gasteiger partial charge is 0.166 e. The van der Waals surface area contributed by atoms with E-state index in [0.717, 1.165) is 70.6 Å². The molecule has 0 heterocycles. The van der Waals surface area contributed by atoms with Crippen LogP contribution in [0.5, 0.6) is 0 Å². The third-order valence-electron chi connectivity index (χ3n) is 8.40. The number of aryl methyl sites for hydroxylation is 1. The van der Waals surface area contributed by atoms with Crippen molar-refractivity contribution in [2.45, 2.75) is 89.9 Å². The van der Waals surface area contributed by atoms with Gasteiger partial charge < -0.3 is 0 Å². The molecule has 0 unspecified atom stereocenters. The van der Waals surface area contributed by atoms with E-state index in [9.17, 15) is 8.78 Å². The van der Waals surface area contributed by atoms with Gasteiger partial charge in [-0.25, -0.2) is 17.6 Å². The Labute approximate surface area is 231 Å². The molecule has 0 bridgehead atoms. The summed E-state index contributed by atoms with van der Waals surface area (Å²) in [6.45, 7) is 5.93. The van der Waals surface area contributed by atoms with E-state index in [1.165, 1.54) is 0 Å². The zero-order valence-corrected chi connectivity index (χ0v) is 23.1. The first-order valence-electron chi connectivity index (χ1n) is 14.6. The van der Waals surface area contributed by atoms with Crippen LogP contribution in [-0.4, -0.2) is 0 Å². The number of benzene rings is 3. The van der Waals surface area contributed by atoms with Crippen molar-refractivity contribution >= 4 is 0 Å². The molecule has 1 fully saturated rings. The van der Waals surface area contributed by atoms with Crippen LogP contribution in [-0.2, 0) is 6.42 Å². The van der Waals surface area contributed by atoms with Gasteiger partial charge in [0.2, 0.25) is 0 Å². The van der Waals surface area contributed by atoms with Crippen molar-refractivity contribution in [1.29, 1.82) is 0 Å². The van der Waals surface area contributed by atoms with E-state index < -0.39 is 23.3 Å². The van der Waals surface area contributed by atoms with Crippen molar-refractivity contribution in [2.24, 2.45) is 5.92 Å². The Kier molecular flexibility index (Phi) is 10.4. The van der Waals surface area contributed by atoms with Crippen molar-refractivity contribution < 1.29 is 17.6 Å². The molecule has 0 spiro atoms. The van der Waals surface area contributed by atoms with Crippen LogP contribution in [0.15, 0.2) is 61.2 Å². The molecule has 3 aromatic carbocycles. The van der Waals surface area contributed by atoms with Crippen LogP contribution >= 0.6 is 0 Å². The van der Waals surface area contributed by atoms with Gasteiger partial charge in [0, 0.05) is 11.1 Å². The fraction of sp³-hybridized carbons (Fsp3) is 0.429. The number of allylic oxidation sites excluding steroid dienone is 1. The Bertz CT molecular complexity index is 1240. The van der Waals surface area contributed by atoms with Crippen molar-refractivity contribution in [3.63, 3.8) is 0 Å². The second-order valence-electron chi connectivity index (χ2n) is 11.1. The van der Waals surface area contributed by atoms with E-state index in [0.29, 0.717) is 34.6 Å². The first kappa shape index (κ1) is 29.1. The minimum absolute atomic E-state index is 0.0353. The Morgan fingerprint density at radius 2 is 1.28 bits per heavy atom. The highest BCUT2D eigenvalue weighted by Gasteiger charge is 2.26. The summed E-state index contributed by atoms with van der Waals surface area (Å²) in [7, 11) is 0. The molecule has 0 nitrogen and oxygen atoms in total. The first-order valence-corrected chi connectivity index (χ1v) is 14.6. The summed E-state index contributed by atoms with van der Waals surface area (Å²) in [6, 6.07) is 13.2. The average Bonchev–Trinajstić information content (AvgIpc) is 2.96. The van der Waals surface area contributed by atoms with E-state index in [2.05, 4.69) is 13.5 Å². The lowest BCUT2D eigenvalue weighted by atomic mass is 9.77. The SMILES string of the molecule is C=CCCC1CCC(c2ccc(-c3ccc(-c4ccc(CCCCCCC)c(F)c4F)cc3)c(F)c2F)CC1. The van der Waals surface area contributed by atoms with Gasteiger partial charge >= 0.3 is 0 Å². The van der Waals surface area contributed by atoms with Gasteiger partial charge in [-0.1, -0.05) is 87.2 Å². The van der Waals surface area contributed by atoms with Crippen LogP contribution in [0.25, 0.3) is 22.3 Å². The number of unbranched alkanes of at least 4 members (excludes halogenated alkanes) is 4. The predicted octanol–water partition coefficient (Wildman–Crippen LogP) is 11.3. The molecule has 208 valence electrons. The second kappa shape index (κ2) is 14.0. The summed E-state index contributed by atoms with van der Waals surface area (Å²) in [5.41, 5.74) is 2.19. The van der Waals surface area contributed by atoms with Crippen LogP contribution in [0.2, 0.25) is 0 Å². The number of rotatable bonds is 12. The molecule has 0 radical (unpaired) electrons. The van der Waals surface area contributed by atoms with Gasteiger partial charge in [0.1, 0.15) is 0 Å². The normalized spacial score (nSPS) is 17.4. The predicted molar refractivity (Wildman–Crippen MR) is 154 cm³/mol. The van der Waals surface area contributed by atoms with Crippen LogP contribution < -0.4 is 0 Å². The molecule has 3 aromatic rings. The Morgan fingerprint density at radius 3 is 1.90 bits per heavy atom. The summed E-state index contributed by atoms with van der Waals surface area (Å²) < 4.78 is 60.1. The molecule has 0 atom stereocenters. The summed E-state index contributed by atoms with van der Waals surface area (Å²) in [4.78, 5) is 0. The molecule has 0 saturated heterocycles. The number of halogens is 4. The molecule has 1 aliphatic carbocycles. The van der Waals surface area contributed by atoms with Crippen molar-refractivity contribution in [3.05, 3.63) is 95.6 Å². The van der Waals surface area contributed by atoms with Gasteiger partial charge in [-0.3, -0.25) is 0 Å². The van der Waals surface area contributed by atoms with Crippen LogP contribution in [0.4, 0.5) is 17.6 Å². The Hall–Kier alpha value is -2.88. The van der Waals surface area contributed by atoms with E-state index >= 15 is 8.78 Å². The summed E-state index contributed by atoms with van der Waals surface area (Å²) in [5, 5.41) is 0. The van der Waals surface area contributed by atoms with E-state index in [1.54, 1.807) is 48.5 Å². The van der Waals surface area contributed by atoms with Gasteiger partial charge in [0.05, 0.1) is 0 Å². The Morgan fingerprint density at radius 1 is 0.692 bits per heavy atom. The zero-order chi connectivity index (χ0) is 27.8. The summed E-state index contributed by atoms with van der Waals surface area (Å²) >= 11 is 0. The van der Waals surface area contributed by atoms with Crippen molar-refractivity contribution in [1.82, 2.24) is 0 Å². The van der Waals surface area contributed by atoms with Crippen LogP contribution in [0.1, 0.15) is 94.6 Å². The highest BCUT2D eigenvalue weighted by Crippen LogP contribution is 2.40. The number of hydrogen-bond donors (Lipinski definition) is 0. The molecular weight excluding hydrogens is 496 g/mol. The molecule has 4 rings (SSSR count). The molecule has 39 heavy (non-hydrogen) atoms. The zero-order valence-electron chi connectivity index (χ0n) is 23.1. The van der Waals surface area contributed by atoms with Crippen LogP contribution in [0.3, 0.4) is 0 Å². The van der Waals surface area contributed by atoms with Crippen molar-refractivity contribution in [2.75, 3.05) is 0 Å². The van der Waals surface area contributed by atoms with Gasteiger partial charge in [0.25, 0.3) is 0 Å².